The monoisotopic (exact) mass is 347 g/mol. The molecule has 0 radical (unpaired) electrons. The quantitative estimate of drug-likeness (QED) is 0.674. The summed E-state index contributed by atoms with van der Waals surface area (Å²) in [7, 11) is 0. The lowest BCUT2D eigenvalue weighted by Gasteiger charge is -2.23. The first-order valence-corrected chi connectivity index (χ1v) is 9.01. The minimum Gasteiger partial charge on any atom is -0.508 e. The van der Waals surface area contributed by atoms with Gasteiger partial charge in [0, 0.05) is 61.8 Å². The zero-order chi connectivity index (χ0) is 18.2. The molecule has 0 spiro atoms. The Hall–Kier alpha value is -2.72. The van der Waals surface area contributed by atoms with Gasteiger partial charge in [-0.15, -0.1) is 0 Å². The summed E-state index contributed by atoms with van der Waals surface area (Å²) in [5, 5.41) is 10.2. The second-order valence-electron chi connectivity index (χ2n) is 6.55. The number of pyridine rings is 2. The molecule has 3 aromatic rings. The molecular formula is C22H25N3O. The second-order valence-corrected chi connectivity index (χ2v) is 6.55. The number of phenolic OH excluding ortho intramolecular Hbond substituents is 1. The number of rotatable bonds is 8. The average Bonchev–Trinajstić information content (AvgIpc) is 2.68. The van der Waals surface area contributed by atoms with Crippen molar-refractivity contribution in [3.63, 3.8) is 0 Å². The summed E-state index contributed by atoms with van der Waals surface area (Å²) < 4.78 is 0. The molecule has 3 rings (SSSR count). The van der Waals surface area contributed by atoms with Crippen molar-refractivity contribution in [2.75, 3.05) is 13.1 Å². The molecule has 0 aliphatic heterocycles. The fourth-order valence-electron chi connectivity index (χ4n) is 2.99. The zero-order valence-electron chi connectivity index (χ0n) is 15.2. The van der Waals surface area contributed by atoms with Gasteiger partial charge in [0.1, 0.15) is 5.75 Å². The van der Waals surface area contributed by atoms with Crippen molar-refractivity contribution in [1.29, 1.82) is 0 Å². The molecule has 0 atom stereocenters. The van der Waals surface area contributed by atoms with Crippen LogP contribution in [0.3, 0.4) is 0 Å². The van der Waals surface area contributed by atoms with E-state index in [1.54, 1.807) is 6.07 Å². The summed E-state index contributed by atoms with van der Waals surface area (Å²) in [6, 6.07) is 17.8. The normalized spacial score (nSPS) is 11.0. The van der Waals surface area contributed by atoms with Crippen molar-refractivity contribution in [2.45, 2.75) is 26.3 Å². The lowest BCUT2D eigenvalue weighted by molar-refractivity contribution is 0.266. The third-order valence-electron chi connectivity index (χ3n) is 4.45. The Morgan fingerprint density at radius 2 is 1.46 bits per heavy atom. The second kappa shape index (κ2) is 9.11. The molecule has 1 aromatic carbocycles. The standard InChI is InChI=1S/C22H25N3O/c1-18-8-9-22(26)19(16-18)17-25(14-10-20-6-2-4-12-23-20)15-11-21-7-3-5-13-24-21/h2-9,12-13,16,26H,10-11,14-15,17H2,1H3. The van der Waals surface area contributed by atoms with Gasteiger partial charge in [-0.1, -0.05) is 29.8 Å². The first kappa shape index (κ1) is 18.1. The minimum atomic E-state index is 0.358. The summed E-state index contributed by atoms with van der Waals surface area (Å²) in [5.74, 6) is 0.358. The number of hydrogen-bond donors (Lipinski definition) is 1. The maximum absolute atomic E-state index is 10.2. The Balaban J connectivity index is 1.68. The van der Waals surface area contributed by atoms with Crippen LogP contribution in [0.15, 0.2) is 67.0 Å². The van der Waals surface area contributed by atoms with Crippen molar-refractivity contribution in [3.8, 4) is 5.75 Å². The third-order valence-corrected chi connectivity index (χ3v) is 4.45. The molecule has 2 aromatic heterocycles. The van der Waals surface area contributed by atoms with E-state index in [-0.39, 0.29) is 0 Å². The van der Waals surface area contributed by atoms with Crippen LogP contribution in [-0.2, 0) is 19.4 Å². The van der Waals surface area contributed by atoms with E-state index in [4.69, 9.17) is 0 Å². The van der Waals surface area contributed by atoms with Crippen LogP contribution < -0.4 is 0 Å². The van der Waals surface area contributed by atoms with E-state index < -0.39 is 0 Å². The fraction of sp³-hybridized carbons (Fsp3) is 0.273. The van der Waals surface area contributed by atoms with Crippen LogP contribution in [0.25, 0.3) is 0 Å². The van der Waals surface area contributed by atoms with Gasteiger partial charge in [0.25, 0.3) is 0 Å². The van der Waals surface area contributed by atoms with E-state index in [9.17, 15) is 5.11 Å². The lowest BCUT2D eigenvalue weighted by Crippen LogP contribution is -2.28. The number of hydrogen-bond acceptors (Lipinski definition) is 4. The molecule has 1 N–H and O–H groups in total. The van der Waals surface area contributed by atoms with Crippen molar-refractivity contribution in [3.05, 3.63) is 89.5 Å². The molecule has 0 saturated carbocycles. The maximum Gasteiger partial charge on any atom is 0.120 e. The van der Waals surface area contributed by atoms with Crippen LogP contribution in [-0.4, -0.2) is 33.1 Å². The smallest absolute Gasteiger partial charge is 0.120 e. The molecule has 0 unspecified atom stereocenters. The highest BCUT2D eigenvalue weighted by molar-refractivity contribution is 5.35. The summed E-state index contributed by atoms with van der Waals surface area (Å²) in [5.41, 5.74) is 4.30. The third kappa shape index (κ3) is 5.39. The number of phenols is 1. The molecular weight excluding hydrogens is 322 g/mol. The number of aromatic nitrogens is 2. The van der Waals surface area contributed by atoms with Gasteiger partial charge < -0.3 is 5.11 Å². The number of aromatic hydroxyl groups is 1. The van der Waals surface area contributed by atoms with Crippen molar-refractivity contribution >= 4 is 0 Å². The Morgan fingerprint density at radius 1 is 0.846 bits per heavy atom. The van der Waals surface area contributed by atoms with Crippen LogP contribution in [0.2, 0.25) is 0 Å². The number of nitrogens with zero attached hydrogens (tertiary/aromatic N) is 3. The fourth-order valence-corrected chi connectivity index (χ4v) is 2.99. The van der Waals surface area contributed by atoms with Crippen LogP contribution >= 0.6 is 0 Å². The average molecular weight is 347 g/mol. The van der Waals surface area contributed by atoms with Gasteiger partial charge >= 0.3 is 0 Å². The van der Waals surface area contributed by atoms with Crippen molar-refractivity contribution in [2.24, 2.45) is 0 Å². The molecule has 134 valence electrons. The number of benzene rings is 1. The van der Waals surface area contributed by atoms with Gasteiger partial charge in [-0.3, -0.25) is 14.9 Å². The SMILES string of the molecule is Cc1ccc(O)c(CN(CCc2ccccn2)CCc2ccccn2)c1. The van der Waals surface area contributed by atoms with Gasteiger partial charge in [-0.25, -0.2) is 0 Å². The minimum absolute atomic E-state index is 0.358. The van der Waals surface area contributed by atoms with Crippen LogP contribution in [0.4, 0.5) is 0 Å². The molecule has 0 amide bonds. The summed E-state index contributed by atoms with van der Waals surface area (Å²) >= 11 is 0. The van der Waals surface area contributed by atoms with Gasteiger partial charge in [-0.05, 0) is 37.3 Å². The zero-order valence-corrected chi connectivity index (χ0v) is 15.2. The van der Waals surface area contributed by atoms with Gasteiger partial charge in [-0.2, -0.15) is 0 Å². The molecule has 0 bridgehead atoms. The highest BCUT2D eigenvalue weighted by Crippen LogP contribution is 2.20. The van der Waals surface area contributed by atoms with E-state index >= 15 is 0 Å². The molecule has 0 saturated heterocycles. The highest BCUT2D eigenvalue weighted by Gasteiger charge is 2.11. The molecule has 4 nitrogen and oxygen atoms in total. The summed E-state index contributed by atoms with van der Waals surface area (Å²) in [6.45, 7) is 4.54. The van der Waals surface area contributed by atoms with Crippen molar-refractivity contribution < 1.29 is 5.11 Å². The largest absolute Gasteiger partial charge is 0.508 e. The molecule has 0 aliphatic rings. The molecule has 0 aliphatic carbocycles. The molecule has 26 heavy (non-hydrogen) atoms. The van der Waals surface area contributed by atoms with Crippen LogP contribution in [0.1, 0.15) is 22.5 Å². The summed E-state index contributed by atoms with van der Waals surface area (Å²) in [6.07, 6.45) is 5.44. The van der Waals surface area contributed by atoms with Gasteiger partial charge in [0.05, 0.1) is 0 Å². The van der Waals surface area contributed by atoms with E-state index in [2.05, 4.69) is 40.0 Å². The Labute approximate surface area is 155 Å². The Kier molecular flexibility index (Phi) is 6.34. The Morgan fingerprint density at radius 3 is 2.00 bits per heavy atom. The molecule has 2 heterocycles. The topological polar surface area (TPSA) is 49.2 Å². The molecule has 0 fully saturated rings. The van der Waals surface area contributed by atoms with E-state index in [1.807, 2.05) is 42.7 Å². The first-order valence-electron chi connectivity index (χ1n) is 9.01. The number of aryl methyl sites for hydroxylation is 1. The van der Waals surface area contributed by atoms with Crippen LogP contribution in [0.5, 0.6) is 5.75 Å². The first-order chi connectivity index (χ1) is 12.7. The highest BCUT2D eigenvalue weighted by atomic mass is 16.3. The van der Waals surface area contributed by atoms with Crippen LogP contribution in [0, 0.1) is 6.92 Å². The Bertz CT molecular complexity index is 763. The van der Waals surface area contributed by atoms with Gasteiger partial charge in [0.2, 0.25) is 0 Å². The summed E-state index contributed by atoms with van der Waals surface area (Å²) in [4.78, 5) is 11.2. The van der Waals surface area contributed by atoms with Gasteiger partial charge in [0.15, 0.2) is 0 Å². The van der Waals surface area contributed by atoms with E-state index in [0.717, 1.165) is 48.4 Å². The maximum atomic E-state index is 10.2. The predicted octanol–water partition coefficient (Wildman–Crippen LogP) is 3.78. The molecule has 4 heteroatoms. The predicted molar refractivity (Wildman–Crippen MR) is 104 cm³/mol. The lowest BCUT2D eigenvalue weighted by atomic mass is 10.1. The van der Waals surface area contributed by atoms with E-state index in [0.29, 0.717) is 12.3 Å². The van der Waals surface area contributed by atoms with Crippen molar-refractivity contribution in [1.82, 2.24) is 14.9 Å². The van der Waals surface area contributed by atoms with E-state index in [1.165, 1.54) is 0 Å².